The standard InChI is InChI=1S/C51H67N9O9.C2HF3O2/c1-29(2)25-38(57-42(61)28-55-47(65)32(6)56-46(64)31(5)52)48(66)58-39(27-33-15-8-7-9-16-33)49(67)59-40(26-30(3)4)51(69)60-24-13-21-41(60)50(68)54-23-14-22-53-37-20-12-19-36-43(37)45(63)35-18-11-10-17-34(35)44(36)62;3-2(4,5)1(6)7/h7-12,15-20,29-32,38-41,53H,13-14,21-28,52H2,1-6H3,(H,54,68)(H,55,65)(H,56,64)(H,57,61)(H,58,66)(H,59,67);(H,6,7)/t31-,32+,38+,39+,40+,41+;/m1./s1. The van der Waals surface area contributed by atoms with Crippen LogP contribution < -0.4 is 43.0 Å². The predicted molar refractivity (Wildman–Crippen MR) is 273 cm³/mol. The number of ketones is 2. The summed E-state index contributed by atoms with van der Waals surface area (Å²) in [6.07, 6.45) is -3.10. The van der Waals surface area contributed by atoms with Crippen LogP contribution in [-0.4, -0.2) is 137 Å². The maximum absolute atomic E-state index is 14.4. The lowest BCUT2D eigenvalue weighted by Crippen LogP contribution is -2.59. The number of rotatable bonds is 23. The number of hydrogen-bond donors (Lipinski definition) is 9. The van der Waals surface area contributed by atoms with Gasteiger partial charge in [0.15, 0.2) is 11.6 Å². The van der Waals surface area contributed by atoms with E-state index in [0.29, 0.717) is 60.3 Å². The number of benzene rings is 3. The summed E-state index contributed by atoms with van der Waals surface area (Å²) < 4.78 is 31.7. The van der Waals surface area contributed by atoms with Gasteiger partial charge in [-0.2, -0.15) is 13.2 Å². The van der Waals surface area contributed by atoms with Gasteiger partial charge in [0.2, 0.25) is 41.4 Å². The molecule has 10 N–H and O–H groups in total. The molecule has 1 saturated heterocycles. The molecule has 3 aromatic rings. The molecule has 23 heteroatoms. The highest BCUT2D eigenvalue weighted by Crippen LogP contribution is 2.32. The highest BCUT2D eigenvalue weighted by atomic mass is 19.4. The molecule has 0 saturated carbocycles. The second kappa shape index (κ2) is 28.3. The molecule has 1 heterocycles. The first-order valence-corrected chi connectivity index (χ1v) is 25.0. The third kappa shape index (κ3) is 17.7. The topological polar surface area (TPSA) is 304 Å². The first kappa shape index (κ1) is 60.9. The second-order valence-corrected chi connectivity index (χ2v) is 19.4. The van der Waals surface area contributed by atoms with Crippen LogP contribution in [0.3, 0.4) is 0 Å². The maximum atomic E-state index is 14.4. The van der Waals surface area contributed by atoms with Crippen molar-refractivity contribution in [1.29, 1.82) is 0 Å². The lowest BCUT2D eigenvalue weighted by molar-refractivity contribution is -0.192. The van der Waals surface area contributed by atoms with Crippen molar-refractivity contribution in [1.82, 2.24) is 36.8 Å². The number of fused-ring (bicyclic) bond motifs is 2. The summed E-state index contributed by atoms with van der Waals surface area (Å²) in [6, 6.07) is 15.0. The van der Waals surface area contributed by atoms with Gasteiger partial charge >= 0.3 is 12.1 Å². The lowest BCUT2D eigenvalue weighted by Gasteiger charge is -2.31. The Labute approximate surface area is 438 Å². The molecule has 3 aromatic carbocycles. The molecule has 412 valence electrons. The van der Waals surface area contributed by atoms with E-state index >= 15 is 0 Å². The van der Waals surface area contributed by atoms with Crippen molar-refractivity contribution in [2.45, 2.75) is 122 Å². The van der Waals surface area contributed by atoms with Crippen molar-refractivity contribution in [3.63, 3.8) is 0 Å². The smallest absolute Gasteiger partial charge is 0.475 e. The zero-order valence-electron chi connectivity index (χ0n) is 43.3. The van der Waals surface area contributed by atoms with E-state index in [4.69, 9.17) is 15.6 Å². The van der Waals surface area contributed by atoms with Gasteiger partial charge in [0.25, 0.3) is 0 Å². The number of carboxylic acid groups (broad SMARTS) is 1. The highest BCUT2D eigenvalue weighted by Gasteiger charge is 2.40. The van der Waals surface area contributed by atoms with E-state index in [0.717, 1.165) is 5.56 Å². The molecule has 5 rings (SSSR count). The van der Waals surface area contributed by atoms with Crippen molar-refractivity contribution in [3.05, 3.63) is 101 Å². The van der Waals surface area contributed by atoms with Gasteiger partial charge in [0.1, 0.15) is 30.2 Å². The number of amides is 7. The highest BCUT2D eigenvalue weighted by molar-refractivity contribution is 6.30. The SMILES string of the molecule is CC(C)C[C@H](NC(=O)CNC(=O)[C@H](C)NC(=O)[C@@H](C)N)C(=O)N[C@@H](Cc1ccccc1)C(=O)N[C@@H](CC(C)C)C(=O)N1CCC[C@H]1C(=O)NCCCNc1cccc2c1C(=O)c1ccccc1C2=O.O=C(O)C(F)(F)F. The van der Waals surface area contributed by atoms with Crippen LogP contribution in [0.5, 0.6) is 0 Å². The quantitative estimate of drug-likeness (QED) is 0.0484. The van der Waals surface area contributed by atoms with Gasteiger partial charge in [0, 0.05) is 48.4 Å². The van der Waals surface area contributed by atoms with Gasteiger partial charge in [-0.05, 0) is 69.4 Å². The number of halogens is 3. The second-order valence-electron chi connectivity index (χ2n) is 19.4. The van der Waals surface area contributed by atoms with E-state index in [1.54, 1.807) is 66.7 Å². The van der Waals surface area contributed by atoms with Crippen LogP contribution in [0.25, 0.3) is 0 Å². The summed E-state index contributed by atoms with van der Waals surface area (Å²) in [5.74, 6) is -7.19. The van der Waals surface area contributed by atoms with Crippen LogP contribution in [0.15, 0.2) is 72.8 Å². The first-order chi connectivity index (χ1) is 35.8. The van der Waals surface area contributed by atoms with Crippen LogP contribution in [0.1, 0.15) is 111 Å². The van der Waals surface area contributed by atoms with Gasteiger partial charge in [-0.15, -0.1) is 0 Å². The number of nitrogens with two attached hydrogens (primary N) is 1. The molecular weight excluding hydrogens is 996 g/mol. The normalized spacial score (nSPS) is 15.8. The Balaban J connectivity index is 0.00000166. The zero-order chi connectivity index (χ0) is 56.4. The molecule has 0 spiro atoms. The Morgan fingerprint density at radius 1 is 0.671 bits per heavy atom. The monoisotopic (exact) mass is 1060 g/mol. The zero-order valence-corrected chi connectivity index (χ0v) is 43.3. The lowest BCUT2D eigenvalue weighted by atomic mass is 9.83. The predicted octanol–water partition coefficient (Wildman–Crippen LogP) is 2.76. The average Bonchev–Trinajstić information content (AvgIpc) is 3.86. The van der Waals surface area contributed by atoms with E-state index in [1.165, 1.54) is 18.7 Å². The van der Waals surface area contributed by atoms with Crippen molar-refractivity contribution >= 4 is 64.6 Å². The summed E-state index contributed by atoms with van der Waals surface area (Å²) in [7, 11) is 0. The Kier molecular flexibility index (Phi) is 22.6. The summed E-state index contributed by atoms with van der Waals surface area (Å²) >= 11 is 0. The third-order valence-electron chi connectivity index (χ3n) is 12.2. The number of anilines is 1. The van der Waals surface area contributed by atoms with E-state index in [-0.39, 0.29) is 55.1 Å². The van der Waals surface area contributed by atoms with E-state index in [9.17, 15) is 56.3 Å². The fourth-order valence-corrected chi connectivity index (χ4v) is 8.41. The molecule has 0 aromatic heterocycles. The molecule has 1 aliphatic carbocycles. The van der Waals surface area contributed by atoms with Crippen molar-refractivity contribution in [2.75, 3.05) is 31.5 Å². The van der Waals surface area contributed by atoms with Crippen LogP contribution in [-0.2, 0) is 44.8 Å². The number of carboxylic acids is 1. The number of hydrogen-bond acceptors (Lipinski definition) is 12. The Bertz CT molecular complexity index is 2590. The molecule has 7 amide bonds. The molecule has 0 bridgehead atoms. The fourth-order valence-electron chi connectivity index (χ4n) is 8.41. The minimum absolute atomic E-state index is 0.0446. The van der Waals surface area contributed by atoms with Crippen LogP contribution in [0.4, 0.5) is 18.9 Å². The largest absolute Gasteiger partial charge is 0.490 e. The van der Waals surface area contributed by atoms with Gasteiger partial charge < -0.3 is 53.0 Å². The first-order valence-electron chi connectivity index (χ1n) is 25.0. The van der Waals surface area contributed by atoms with Crippen LogP contribution >= 0.6 is 0 Å². The van der Waals surface area contributed by atoms with Gasteiger partial charge in [-0.3, -0.25) is 43.2 Å². The molecular formula is C53H68F3N9O11. The molecule has 0 radical (unpaired) electrons. The van der Waals surface area contributed by atoms with Crippen LogP contribution in [0.2, 0.25) is 0 Å². The van der Waals surface area contributed by atoms with Crippen LogP contribution in [0, 0.1) is 11.8 Å². The summed E-state index contributed by atoms with van der Waals surface area (Å²) in [5, 5.41) is 26.6. The van der Waals surface area contributed by atoms with E-state index < -0.39 is 90.4 Å². The molecule has 76 heavy (non-hydrogen) atoms. The molecule has 20 nitrogen and oxygen atoms in total. The molecule has 1 aliphatic heterocycles. The minimum Gasteiger partial charge on any atom is -0.475 e. The molecule has 0 unspecified atom stereocenters. The average molecular weight is 1060 g/mol. The summed E-state index contributed by atoms with van der Waals surface area (Å²) in [5.41, 5.74) is 8.21. The molecule has 6 atom stereocenters. The fraction of sp³-hybridized carbons (Fsp3) is 0.472. The van der Waals surface area contributed by atoms with Gasteiger partial charge in [-0.1, -0.05) is 94.4 Å². The minimum atomic E-state index is -5.08. The Morgan fingerprint density at radius 3 is 1.84 bits per heavy atom. The van der Waals surface area contributed by atoms with E-state index in [1.807, 2.05) is 33.8 Å². The number of nitrogens with one attached hydrogen (secondary N) is 7. The number of alkyl halides is 3. The summed E-state index contributed by atoms with van der Waals surface area (Å²) in [6.45, 7) is 10.9. The van der Waals surface area contributed by atoms with Gasteiger partial charge in [0.05, 0.1) is 18.2 Å². The maximum Gasteiger partial charge on any atom is 0.490 e. The van der Waals surface area contributed by atoms with Gasteiger partial charge in [-0.25, -0.2) is 4.79 Å². The van der Waals surface area contributed by atoms with Crippen molar-refractivity contribution < 1.29 is 66.2 Å². The van der Waals surface area contributed by atoms with Crippen molar-refractivity contribution in [3.8, 4) is 0 Å². The Hall–Kier alpha value is -7.69. The number of carbonyl (C=O) groups is 10. The summed E-state index contributed by atoms with van der Waals surface area (Å²) in [4.78, 5) is 131. The number of nitrogens with zero attached hydrogens (tertiary/aromatic N) is 1. The van der Waals surface area contributed by atoms with E-state index in [2.05, 4.69) is 37.2 Å². The number of likely N-dealkylation sites (tertiary alicyclic amines) is 1. The number of aliphatic carboxylic acids is 1. The third-order valence-corrected chi connectivity index (χ3v) is 12.2. The Morgan fingerprint density at radius 2 is 1.24 bits per heavy atom. The number of carbonyl (C=O) groups excluding carboxylic acids is 9. The molecule has 2 aliphatic rings. The molecule has 1 fully saturated rings. The van der Waals surface area contributed by atoms with Crippen molar-refractivity contribution in [2.24, 2.45) is 17.6 Å².